The van der Waals surface area contributed by atoms with Crippen molar-refractivity contribution in [3.63, 3.8) is 0 Å². The van der Waals surface area contributed by atoms with Crippen LogP contribution in [-0.4, -0.2) is 26.7 Å². The molecule has 0 amide bonds. The van der Waals surface area contributed by atoms with Crippen LogP contribution in [0.4, 0.5) is 5.69 Å². The van der Waals surface area contributed by atoms with Crippen LogP contribution in [0.25, 0.3) is 0 Å². The van der Waals surface area contributed by atoms with Crippen molar-refractivity contribution in [3.05, 3.63) is 23.8 Å². The largest absolute Gasteiger partial charge is 0.495 e. The first-order valence-electron chi connectivity index (χ1n) is 5.87. The maximum absolute atomic E-state index is 11.6. The Balaban J connectivity index is 2.80. The lowest BCUT2D eigenvalue weighted by Crippen LogP contribution is -2.33. The summed E-state index contributed by atoms with van der Waals surface area (Å²) in [4.78, 5) is 11.6. The maximum Gasteiger partial charge on any atom is 0.313 e. The van der Waals surface area contributed by atoms with Gasteiger partial charge >= 0.3 is 5.97 Å². The predicted octanol–water partition coefficient (Wildman–Crippen LogP) is 2.61. The number of ether oxygens (including phenoxy) is 2. The number of anilines is 1. The third kappa shape index (κ3) is 3.39. The highest BCUT2D eigenvalue weighted by Gasteiger charge is 2.28. The van der Waals surface area contributed by atoms with Gasteiger partial charge in [-0.25, -0.2) is 0 Å². The average molecular weight is 251 g/mol. The van der Waals surface area contributed by atoms with Crippen molar-refractivity contribution < 1.29 is 14.3 Å². The molecule has 1 aromatic carbocycles. The minimum Gasteiger partial charge on any atom is -0.495 e. The van der Waals surface area contributed by atoms with Gasteiger partial charge in [0, 0.05) is 6.54 Å². The Labute approximate surface area is 108 Å². The van der Waals surface area contributed by atoms with E-state index in [-0.39, 0.29) is 5.97 Å². The summed E-state index contributed by atoms with van der Waals surface area (Å²) < 4.78 is 10.0. The van der Waals surface area contributed by atoms with E-state index in [9.17, 15) is 4.79 Å². The SMILES string of the molecule is COC(=O)C(C)(C)CNc1cc(C)ccc1OC. The van der Waals surface area contributed by atoms with E-state index in [1.165, 1.54) is 7.11 Å². The molecule has 4 nitrogen and oxygen atoms in total. The Morgan fingerprint density at radius 2 is 2.00 bits per heavy atom. The van der Waals surface area contributed by atoms with Crippen molar-refractivity contribution in [2.45, 2.75) is 20.8 Å². The average Bonchev–Trinajstić information content (AvgIpc) is 2.35. The number of carbonyl (C=O) groups is 1. The second kappa shape index (κ2) is 5.76. The summed E-state index contributed by atoms with van der Waals surface area (Å²) in [5.41, 5.74) is 1.44. The van der Waals surface area contributed by atoms with Crippen LogP contribution in [0.15, 0.2) is 18.2 Å². The van der Waals surface area contributed by atoms with Crippen LogP contribution in [0.1, 0.15) is 19.4 Å². The van der Waals surface area contributed by atoms with E-state index in [0.717, 1.165) is 17.0 Å². The molecule has 1 rings (SSSR count). The van der Waals surface area contributed by atoms with Crippen molar-refractivity contribution in [3.8, 4) is 5.75 Å². The Bertz CT molecular complexity index is 427. The molecule has 0 saturated carbocycles. The molecular weight excluding hydrogens is 230 g/mol. The number of esters is 1. The van der Waals surface area contributed by atoms with E-state index in [0.29, 0.717) is 6.54 Å². The highest BCUT2D eigenvalue weighted by atomic mass is 16.5. The van der Waals surface area contributed by atoms with Gasteiger partial charge in [0.25, 0.3) is 0 Å². The molecule has 0 unspecified atom stereocenters. The lowest BCUT2D eigenvalue weighted by atomic mass is 9.93. The molecule has 0 aliphatic rings. The second-order valence-corrected chi connectivity index (χ2v) is 4.93. The van der Waals surface area contributed by atoms with Gasteiger partial charge in [-0.1, -0.05) is 6.07 Å². The highest BCUT2D eigenvalue weighted by molar-refractivity contribution is 5.76. The van der Waals surface area contributed by atoms with Crippen molar-refractivity contribution in [1.29, 1.82) is 0 Å². The fraction of sp³-hybridized carbons (Fsp3) is 0.500. The molecule has 1 aromatic rings. The van der Waals surface area contributed by atoms with Crippen molar-refractivity contribution >= 4 is 11.7 Å². The minimum atomic E-state index is -0.580. The molecule has 0 fully saturated rings. The molecule has 0 heterocycles. The summed E-state index contributed by atoms with van der Waals surface area (Å²) in [6.45, 7) is 6.18. The zero-order valence-corrected chi connectivity index (χ0v) is 11.7. The zero-order valence-electron chi connectivity index (χ0n) is 11.7. The lowest BCUT2D eigenvalue weighted by molar-refractivity contribution is -0.149. The van der Waals surface area contributed by atoms with E-state index < -0.39 is 5.41 Å². The fourth-order valence-corrected chi connectivity index (χ4v) is 1.62. The topological polar surface area (TPSA) is 47.6 Å². The lowest BCUT2D eigenvalue weighted by Gasteiger charge is -2.23. The summed E-state index contributed by atoms with van der Waals surface area (Å²) in [7, 11) is 3.03. The normalized spacial score (nSPS) is 10.9. The molecule has 0 spiro atoms. The van der Waals surface area contributed by atoms with Gasteiger partial charge in [-0.3, -0.25) is 4.79 Å². The van der Waals surface area contributed by atoms with E-state index in [4.69, 9.17) is 9.47 Å². The predicted molar refractivity (Wildman–Crippen MR) is 72.0 cm³/mol. The molecule has 18 heavy (non-hydrogen) atoms. The smallest absolute Gasteiger partial charge is 0.313 e. The van der Waals surface area contributed by atoms with Gasteiger partial charge in [0.15, 0.2) is 0 Å². The standard InChI is InChI=1S/C14H21NO3/c1-10-6-7-12(17-4)11(8-10)15-9-14(2,3)13(16)18-5/h6-8,15H,9H2,1-5H3. The van der Waals surface area contributed by atoms with Gasteiger partial charge in [-0.05, 0) is 38.5 Å². The highest BCUT2D eigenvalue weighted by Crippen LogP contribution is 2.27. The van der Waals surface area contributed by atoms with Crippen LogP contribution in [0.5, 0.6) is 5.75 Å². The number of rotatable bonds is 5. The molecule has 4 heteroatoms. The number of aryl methyl sites for hydroxylation is 1. The van der Waals surface area contributed by atoms with E-state index in [1.54, 1.807) is 7.11 Å². The first kappa shape index (κ1) is 14.4. The van der Waals surface area contributed by atoms with Crippen LogP contribution in [0, 0.1) is 12.3 Å². The van der Waals surface area contributed by atoms with Gasteiger partial charge in [0.1, 0.15) is 5.75 Å². The third-order valence-corrected chi connectivity index (χ3v) is 2.81. The summed E-state index contributed by atoms with van der Waals surface area (Å²) in [6.07, 6.45) is 0. The summed E-state index contributed by atoms with van der Waals surface area (Å²) in [6, 6.07) is 5.88. The van der Waals surface area contributed by atoms with Crippen LogP contribution in [-0.2, 0) is 9.53 Å². The Hall–Kier alpha value is -1.71. The molecule has 0 aromatic heterocycles. The molecule has 0 bridgehead atoms. The van der Waals surface area contributed by atoms with Gasteiger partial charge < -0.3 is 14.8 Å². The monoisotopic (exact) mass is 251 g/mol. The first-order chi connectivity index (χ1) is 8.40. The molecular formula is C14H21NO3. The quantitative estimate of drug-likeness (QED) is 0.817. The zero-order chi connectivity index (χ0) is 13.8. The van der Waals surface area contributed by atoms with Gasteiger partial charge in [-0.2, -0.15) is 0 Å². The summed E-state index contributed by atoms with van der Waals surface area (Å²) in [5, 5.41) is 3.23. The van der Waals surface area contributed by atoms with Crippen LogP contribution in [0.3, 0.4) is 0 Å². The summed E-state index contributed by atoms with van der Waals surface area (Å²) in [5.74, 6) is 0.530. The molecule has 0 atom stereocenters. The van der Waals surface area contributed by atoms with E-state index >= 15 is 0 Å². The Morgan fingerprint density at radius 1 is 1.33 bits per heavy atom. The molecule has 0 saturated heterocycles. The first-order valence-corrected chi connectivity index (χ1v) is 5.87. The minimum absolute atomic E-state index is 0.235. The molecule has 1 N–H and O–H groups in total. The summed E-state index contributed by atoms with van der Waals surface area (Å²) >= 11 is 0. The number of carbonyl (C=O) groups excluding carboxylic acids is 1. The van der Waals surface area contributed by atoms with Crippen molar-refractivity contribution in [2.24, 2.45) is 5.41 Å². The Kier molecular flexibility index (Phi) is 4.59. The van der Waals surface area contributed by atoms with Gasteiger partial charge in [0.2, 0.25) is 0 Å². The van der Waals surface area contributed by atoms with Crippen LogP contribution < -0.4 is 10.1 Å². The van der Waals surface area contributed by atoms with Gasteiger partial charge in [-0.15, -0.1) is 0 Å². The van der Waals surface area contributed by atoms with E-state index in [1.807, 2.05) is 39.0 Å². The number of hydrogen-bond donors (Lipinski definition) is 1. The maximum atomic E-state index is 11.6. The molecule has 100 valence electrons. The number of hydrogen-bond acceptors (Lipinski definition) is 4. The number of nitrogens with one attached hydrogen (secondary N) is 1. The van der Waals surface area contributed by atoms with Crippen LogP contribution in [0.2, 0.25) is 0 Å². The third-order valence-electron chi connectivity index (χ3n) is 2.81. The van der Waals surface area contributed by atoms with Crippen LogP contribution >= 0.6 is 0 Å². The van der Waals surface area contributed by atoms with Crippen molar-refractivity contribution in [2.75, 3.05) is 26.1 Å². The fourth-order valence-electron chi connectivity index (χ4n) is 1.62. The number of benzene rings is 1. The van der Waals surface area contributed by atoms with Gasteiger partial charge in [0.05, 0.1) is 25.3 Å². The molecule has 0 radical (unpaired) electrons. The van der Waals surface area contributed by atoms with Crippen molar-refractivity contribution in [1.82, 2.24) is 0 Å². The number of methoxy groups -OCH3 is 2. The second-order valence-electron chi connectivity index (χ2n) is 4.93. The molecule has 0 aliphatic heterocycles. The Morgan fingerprint density at radius 3 is 2.56 bits per heavy atom. The molecule has 0 aliphatic carbocycles. The van der Waals surface area contributed by atoms with E-state index in [2.05, 4.69) is 5.32 Å².